The molecule has 6 aromatic rings. The van der Waals surface area contributed by atoms with Crippen molar-refractivity contribution in [2.24, 2.45) is 0 Å². The fourth-order valence-electron chi connectivity index (χ4n) is 4.21. The van der Waals surface area contributed by atoms with Crippen LogP contribution in [0.15, 0.2) is 103 Å². The molecule has 0 fully saturated rings. The van der Waals surface area contributed by atoms with Crippen LogP contribution in [0.25, 0.3) is 55.1 Å². The van der Waals surface area contributed by atoms with Crippen molar-refractivity contribution in [3.63, 3.8) is 0 Å². The van der Waals surface area contributed by atoms with E-state index in [2.05, 4.69) is 102 Å². The summed E-state index contributed by atoms with van der Waals surface area (Å²) in [5.74, 6) is 0.904. The van der Waals surface area contributed by atoms with Gasteiger partial charge in [-0.25, -0.2) is 4.98 Å². The van der Waals surface area contributed by atoms with E-state index in [4.69, 9.17) is 4.98 Å². The van der Waals surface area contributed by atoms with E-state index in [9.17, 15) is 0 Å². The third-order valence-corrected chi connectivity index (χ3v) is 5.64. The highest BCUT2D eigenvalue weighted by Gasteiger charge is 2.13. The highest BCUT2D eigenvalue weighted by molar-refractivity contribution is 6.23. The van der Waals surface area contributed by atoms with Gasteiger partial charge in [0, 0.05) is 16.3 Å². The van der Waals surface area contributed by atoms with Gasteiger partial charge in [-0.15, -0.1) is 0 Å². The van der Waals surface area contributed by atoms with Crippen LogP contribution >= 0.6 is 0 Å². The van der Waals surface area contributed by atoms with Gasteiger partial charge in [-0.3, -0.25) is 0 Å². The second-order valence-corrected chi connectivity index (χ2v) is 7.34. The molecule has 0 radical (unpaired) electrons. The van der Waals surface area contributed by atoms with Crippen molar-refractivity contribution in [3.8, 4) is 22.5 Å². The molecule has 1 heterocycles. The normalized spacial score (nSPS) is 11.4. The number of nitrogens with zero attached hydrogens (tertiary/aromatic N) is 1. The molecular formula is C27H18N2. The van der Waals surface area contributed by atoms with Gasteiger partial charge in [-0.1, -0.05) is 103 Å². The van der Waals surface area contributed by atoms with Gasteiger partial charge in [0.05, 0.1) is 11.0 Å². The maximum Gasteiger partial charge on any atom is 0.138 e. The largest absolute Gasteiger partial charge is 0.337 e. The lowest BCUT2D eigenvalue weighted by molar-refractivity contribution is 1.34. The standard InChI is InChI=1S/C27H18N2/c1-2-8-18(9-3-1)19-14-16-20(17-15-19)27-28-25-23-12-6-4-10-21(23)22-11-5-7-13-24(22)26(25)29-27/h1-17H,(H,28,29). The minimum atomic E-state index is 0.904. The zero-order chi connectivity index (χ0) is 19.2. The van der Waals surface area contributed by atoms with E-state index in [0.717, 1.165) is 22.4 Å². The molecule has 0 bridgehead atoms. The Morgan fingerprint density at radius 1 is 0.448 bits per heavy atom. The molecule has 0 aliphatic heterocycles. The summed E-state index contributed by atoms with van der Waals surface area (Å²) in [6.07, 6.45) is 0. The van der Waals surface area contributed by atoms with E-state index in [0.29, 0.717) is 0 Å². The van der Waals surface area contributed by atoms with Gasteiger partial charge in [0.15, 0.2) is 0 Å². The number of rotatable bonds is 2. The van der Waals surface area contributed by atoms with E-state index < -0.39 is 0 Å². The van der Waals surface area contributed by atoms with Gasteiger partial charge in [-0.2, -0.15) is 0 Å². The Balaban J connectivity index is 1.56. The molecule has 1 aromatic heterocycles. The van der Waals surface area contributed by atoms with Crippen LogP contribution in [0, 0.1) is 0 Å². The zero-order valence-electron chi connectivity index (χ0n) is 15.8. The van der Waals surface area contributed by atoms with Crippen LogP contribution < -0.4 is 0 Å². The minimum absolute atomic E-state index is 0.904. The maximum atomic E-state index is 5.01. The first-order chi connectivity index (χ1) is 14.4. The van der Waals surface area contributed by atoms with Crippen molar-refractivity contribution in [2.75, 3.05) is 0 Å². The lowest BCUT2D eigenvalue weighted by Gasteiger charge is -2.05. The number of aromatic amines is 1. The molecule has 0 aliphatic carbocycles. The molecule has 2 nitrogen and oxygen atoms in total. The molecular weight excluding hydrogens is 352 g/mol. The second-order valence-electron chi connectivity index (χ2n) is 7.34. The molecule has 0 amide bonds. The number of imidazole rings is 1. The first-order valence-electron chi connectivity index (χ1n) is 9.83. The number of fused-ring (bicyclic) bond motifs is 6. The summed E-state index contributed by atoms with van der Waals surface area (Å²) in [4.78, 5) is 8.60. The summed E-state index contributed by atoms with van der Waals surface area (Å²) in [6.45, 7) is 0. The summed E-state index contributed by atoms with van der Waals surface area (Å²) in [7, 11) is 0. The fourth-order valence-corrected chi connectivity index (χ4v) is 4.21. The highest BCUT2D eigenvalue weighted by Crippen LogP contribution is 2.35. The highest BCUT2D eigenvalue weighted by atomic mass is 14.9. The fraction of sp³-hybridized carbons (Fsp3) is 0. The van der Waals surface area contributed by atoms with Gasteiger partial charge in [0.1, 0.15) is 5.82 Å². The van der Waals surface area contributed by atoms with Gasteiger partial charge in [0.25, 0.3) is 0 Å². The number of hydrogen-bond donors (Lipinski definition) is 1. The summed E-state index contributed by atoms with van der Waals surface area (Å²) >= 11 is 0. The van der Waals surface area contributed by atoms with Crippen LogP contribution in [0.1, 0.15) is 0 Å². The molecule has 29 heavy (non-hydrogen) atoms. The Labute approximate surface area is 168 Å². The Kier molecular flexibility index (Phi) is 3.50. The van der Waals surface area contributed by atoms with Crippen LogP contribution in [-0.4, -0.2) is 9.97 Å². The van der Waals surface area contributed by atoms with Crippen molar-refractivity contribution in [1.29, 1.82) is 0 Å². The molecule has 2 heteroatoms. The summed E-state index contributed by atoms with van der Waals surface area (Å²) in [5, 5.41) is 4.89. The molecule has 1 N–H and O–H groups in total. The van der Waals surface area contributed by atoms with E-state index in [1.54, 1.807) is 0 Å². The summed E-state index contributed by atoms with van der Waals surface area (Å²) in [6, 6.07) is 36.1. The van der Waals surface area contributed by atoms with Crippen molar-refractivity contribution in [2.45, 2.75) is 0 Å². The Morgan fingerprint density at radius 2 is 0.966 bits per heavy atom. The molecule has 136 valence electrons. The van der Waals surface area contributed by atoms with Gasteiger partial charge in [0.2, 0.25) is 0 Å². The Hall–Kier alpha value is -3.91. The number of benzene rings is 5. The first-order valence-corrected chi connectivity index (χ1v) is 9.83. The number of H-pyrrole nitrogens is 1. The topological polar surface area (TPSA) is 28.7 Å². The molecule has 0 atom stereocenters. The summed E-state index contributed by atoms with van der Waals surface area (Å²) < 4.78 is 0. The second kappa shape index (κ2) is 6.32. The minimum Gasteiger partial charge on any atom is -0.337 e. The van der Waals surface area contributed by atoms with Gasteiger partial charge < -0.3 is 4.98 Å². The van der Waals surface area contributed by atoms with Crippen LogP contribution in [0.3, 0.4) is 0 Å². The monoisotopic (exact) mass is 370 g/mol. The van der Waals surface area contributed by atoms with E-state index >= 15 is 0 Å². The zero-order valence-corrected chi connectivity index (χ0v) is 15.8. The average Bonchev–Trinajstić information content (AvgIpc) is 3.26. The predicted molar refractivity (Wildman–Crippen MR) is 122 cm³/mol. The Morgan fingerprint density at radius 3 is 1.69 bits per heavy atom. The van der Waals surface area contributed by atoms with Crippen molar-refractivity contribution < 1.29 is 0 Å². The molecule has 5 aromatic carbocycles. The Bertz CT molecular complexity index is 1400. The smallest absolute Gasteiger partial charge is 0.138 e. The molecule has 0 aliphatic rings. The van der Waals surface area contributed by atoms with Crippen LogP contribution in [0.4, 0.5) is 0 Å². The molecule has 0 unspecified atom stereocenters. The number of nitrogens with one attached hydrogen (secondary N) is 1. The number of hydrogen-bond acceptors (Lipinski definition) is 1. The summed E-state index contributed by atoms with van der Waals surface area (Å²) in [5.41, 5.74) is 5.65. The third-order valence-electron chi connectivity index (χ3n) is 5.64. The first kappa shape index (κ1) is 16.1. The van der Waals surface area contributed by atoms with Gasteiger partial charge in [-0.05, 0) is 21.9 Å². The molecule has 0 saturated heterocycles. The average molecular weight is 370 g/mol. The molecule has 0 spiro atoms. The van der Waals surface area contributed by atoms with E-state index in [1.807, 2.05) is 6.07 Å². The van der Waals surface area contributed by atoms with E-state index in [1.165, 1.54) is 32.7 Å². The predicted octanol–water partition coefficient (Wildman–Crippen LogP) is 7.20. The third kappa shape index (κ3) is 2.54. The lowest BCUT2D eigenvalue weighted by Crippen LogP contribution is -1.82. The molecule has 0 saturated carbocycles. The lowest BCUT2D eigenvalue weighted by atomic mass is 10.0. The maximum absolute atomic E-state index is 5.01. The molecule has 6 rings (SSSR count). The van der Waals surface area contributed by atoms with Crippen LogP contribution in [0.2, 0.25) is 0 Å². The van der Waals surface area contributed by atoms with Crippen molar-refractivity contribution >= 4 is 32.6 Å². The van der Waals surface area contributed by atoms with Crippen LogP contribution in [-0.2, 0) is 0 Å². The van der Waals surface area contributed by atoms with Crippen LogP contribution in [0.5, 0.6) is 0 Å². The van der Waals surface area contributed by atoms with Crippen molar-refractivity contribution in [3.05, 3.63) is 103 Å². The van der Waals surface area contributed by atoms with Crippen molar-refractivity contribution in [1.82, 2.24) is 9.97 Å². The van der Waals surface area contributed by atoms with E-state index in [-0.39, 0.29) is 0 Å². The SMILES string of the molecule is c1ccc(-c2ccc(-c3nc4c5ccccc5c5ccccc5c4[nH]3)cc2)cc1. The number of aromatic nitrogens is 2. The quantitative estimate of drug-likeness (QED) is 0.321. The van der Waals surface area contributed by atoms with Gasteiger partial charge >= 0.3 is 0 Å².